The van der Waals surface area contributed by atoms with Crippen molar-refractivity contribution in [3.05, 3.63) is 36.4 Å². The predicted molar refractivity (Wildman–Crippen MR) is 69.3 cm³/mol. The molecule has 0 amide bonds. The minimum Gasteiger partial charge on any atom is -0.486 e. The monoisotopic (exact) mass is 260 g/mol. The molecule has 0 aliphatic carbocycles. The Hall–Kier alpha value is -2.08. The van der Waals surface area contributed by atoms with E-state index in [4.69, 9.17) is 9.47 Å². The minimum atomic E-state index is 0.150. The SMILES string of the molecule is CNC(Cn1cncn1)c1ccc2c(c1)OCCO2. The Morgan fingerprint density at radius 3 is 2.89 bits per heavy atom. The molecule has 1 atom stereocenters. The molecule has 6 heteroatoms. The van der Waals surface area contributed by atoms with Crippen LogP contribution in [0.4, 0.5) is 0 Å². The zero-order chi connectivity index (χ0) is 13.1. The summed E-state index contributed by atoms with van der Waals surface area (Å²) in [5, 5.41) is 7.41. The van der Waals surface area contributed by atoms with E-state index in [1.165, 1.54) is 6.33 Å². The number of likely N-dealkylation sites (N-methyl/N-ethyl adjacent to an activating group) is 1. The van der Waals surface area contributed by atoms with Crippen molar-refractivity contribution in [1.29, 1.82) is 0 Å². The molecule has 1 aromatic heterocycles. The lowest BCUT2D eigenvalue weighted by molar-refractivity contribution is 0.171. The van der Waals surface area contributed by atoms with Gasteiger partial charge in [-0.05, 0) is 24.7 Å². The number of rotatable bonds is 4. The summed E-state index contributed by atoms with van der Waals surface area (Å²) < 4.78 is 12.9. The third-order valence-electron chi connectivity index (χ3n) is 3.15. The highest BCUT2D eigenvalue weighted by molar-refractivity contribution is 5.44. The molecule has 1 aliphatic rings. The van der Waals surface area contributed by atoms with E-state index in [1.807, 2.05) is 25.2 Å². The summed E-state index contributed by atoms with van der Waals surface area (Å²) in [5.41, 5.74) is 1.14. The molecule has 0 bridgehead atoms. The van der Waals surface area contributed by atoms with Gasteiger partial charge in [-0.3, -0.25) is 4.68 Å². The van der Waals surface area contributed by atoms with Crippen LogP contribution in [0.1, 0.15) is 11.6 Å². The van der Waals surface area contributed by atoms with Crippen LogP contribution in [0.3, 0.4) is 0 Å². The summed E-state index contributed by atoms with van der Waals surface area (Å²) >= 11 is 0. The van der Waals surface area contributed by atoms with Crippen molar-refractivity contribution in [3.8, 4) is 11.5 Å². The lowest BCUT2D eigenvalue weighted by Crippen LogP contribution is -2.23. The molecular formula is C13H16N4O2. The first-order valence-electron chi connectivity index (χ1n) is 6.26. The molecule has 1 aliphatic heterocycles. The molecule has 0 spiro atoms. The Balaban J connectivity index is 1.82. The van der Waals surface area contributed by atoms with Crippen molar-refractivity contribution < 1.29 is 9.47 Å². The molecule has 1 N–H and O–H groups in total. The fourth-order valence-electron chi connectivity index (χ4n) is 2.15. The van der Waals surface area contributed by atoms with Crippen LogP contribution < -0.4 is 14.8 Å². The Morgan fingerprint density at radius 2 is 2.16 bits per heavy atom. The molecule has 2 heterocycles. The second-order valence-corrected chi connectivity index (χ2v) is 4.36. The third kappa shape index (κ3) is 2.53. The average Bonchev–Trinajstić information content (AvgIpc) is 2.97. The molecule has 2 aromatic rings. The summed E-state index contributed by atoms with van der Waals surface area (Å²) in [4.78, 5) is 3.95. The maximum absolute atomic E-state index is 5.61. The number of nitrogens with one attached hydrogen (secondary N) is 1. The molecule has 100 valence electrons. The number of hydrogen-bond donors (Lipinski definition) is 1. The van der Waals surface area contributed by atoms with Crippen molar-refractivity contribution in [3.63, 3.8) is 0 Å². The van der Waals surface area contributed by atoms with E-state index in [2.05, 4.69) is 15.4 Å². The van der Waals surface area contributed by atoms with E-state index < -0.39 is 0 Å². The van der Waals surface area contributed by atoms with Crippen LogP contribution in [0.2, 0.25) is 0 Å². The van der Waals surface area contributed by atoms with Gasteiger partial charge >= 0.3 is 0 Å². The maximum Gasteiger partial charge on any atom is 0.161 e. The van der Waals surface area contributed by atoms with Crippen LogP contribution in [0.15, 0.2) is 30.9 Å². The fraction of sp³-hybridized carbons (Fsp3) is 0.385. The maximum atomic E-state index is 5.61. The Morgan fingerprint density at radius 1 is 1.32 bits per heavy atom. The van der Waals surface area contributed by atoms with Gasteiger partial charge in [-0.2, -0.15) is 5.10 Å². The number of fused-ring (bicyclic) bond motifs is 1. The van der Waals surface area contributed by atoms with Crippen molar-refractivity contribution in [1.82, 2.24) is 20.1 Å². The number of nitrogens with zero attached hydrogens (tertiary/aromatic N) is 3. The summed E-state index contributed by atoms with van der Waals surface area (Å²) in [6.45, 7) is 1.93. The molecule has 6 nitrogen and oxygen atoms in total. The number of benzene rings is 1. The highest BCUT2D eigenvalue weighted by Crippen LogP contribution is 2.32. The van der Waals surface area contributed by atoms with Gasteiger partial charge in [-0.15, -0.1) is 0 Å². The molecule has 0 radical (unpaired) electrons. The second kappa shape index (κ2) is 5.27. The van der Waals surface area contributed by atoms with Gasteiger partial charge in [-0.25, -0.2) is 4.98 Å². The number of hydrogen-bond acceptors (Lipinski definition) is 5. The molecule has 19 heavy (non-hydrogen) atoms. The minimum absolute atomic E-state index is 0.150. The smallest absolute Gasteiger partial charge is 0.161 e. The van der Waals surface area contributed by atoms with Gasteiger partial charge in [0.05, 0.1) is 12.6 Å². The topological polar surface area (TPSA) is 61.2 Å². The molecule has 1 unspecified atom stereocenters. The van der Waals surface area contributed by atoms with Gasteiger partial charge in [0.1, 0.15) is 25.9 Å². The Labute approximate surface area is 111 Å². The first-order chi connectivity index (χ1) is 9.36. The summed E-state index contributed by atoms with van der Waals surface area (Å²) in [6, 6.07) is 6.17. The summed E-state index contributed by atoms with van der Waals surface area (Å²) in [5.74, 6) is 1.62. The van der Waals surface area contributed by atoms with Gasteiger partial charge < -0.3 is 14.8 Å². The molecular weight excluding hydrogens is 244 g/mol. The highest BCUT2D eigenvalue weighted by atomic mass is 16.6. The van der Waals surface area contributed by atoms with E-state index >= 15 is 0 Å². The normalized spacial score (nSPS) is 15.2. The van der Waals surface area contributed by atoms with Gasteiger partial charge in [0, 0.05) is 0 Å². The van der Waals surface area contributed by atoms with Gasteiger partial charge in [-0.1, -0.05) is 6.07 Å². The van der Waals surface area contributed by atoms with Crippen LogP contribution in [0.25, 0.3) is 0 Å². The predicted octanol–water partition coefficient (Wildman–Crippen LogP) is 1.01. The molecule has 3 rings (SSSR count). The quantitative estimate of drug-likeness (QED) is 0.889. The van der Waals surface area contributed by atoms with Crippen molar-refractivity contribution >= 4 is 0 Å². The van der Waals surface area contributed by atoms with Crippen LogP contribution in [-0.4, -0.2) is 35.0 Å². The van der Waals surface area contributed by atoms with Crippen molar-refractivity contribution in [2.45, 2.75) is 12.6 Å². The standard InChI is InChI=1S/C13H16N4O2/c1-14-11(7-17-9-15-8-16-17)10-2-3-12-13(6-10)19-5-4-18-12/h2-3,6,8-9,11,14H,4-5,7H2,1H3. The van der Waals surface area contributed by atoms with Crippen LogP contribution >= 0.6 is 0 Å². The summed E-state index contributed by atoms with van der Waals surface area (Å²) in [6.07, 6.45) is 3.25. The van der Waals surface area contributed by atoms with E-state index in [1.54, 1.807) is 11.0 Å². The first kappa shape index (κ1) is 12.0. The lowest BCUT2D eigenvalue weighted by atomic mass is 10.1. The van der Waals surface area contributed by atoms with Crippen LogP contribution in [-0.2, 0) is 6.54 Å². The largest absolute Gasteiger partial charge is 0.486 e. The third-order valence-corrected chi connectivity index (χ3v) is 3.15. The number of aromatic nitrogens is 3. The zero-order valence-electron chi connectivity index (χ0n) is 10.7. The van der Waals surface area contributed by atoms with Crippen molar-refractivity contribution in [2.24, 2.45) is 0 Å². The lowest BCUT2D eigenvalue weighted by Gasteiger charge is -2.22. The Kier molecular flexibility index (Phi) is 3.33. The van der Waals surface area contributed by atoms with Crippen LogP contribution in [0, 0.1) is 0 Å². The van der Waals surface area contributed by atoms with Gasteiger partial charge in [0.15, 0.2) is 11.5 Å². The van der Waals surface area contributed by atoms with E-state index in [0.717, 1.165) is 23.6 Å². The van der Waals surface area contributed by atoms with Gasteiger partial charge in [0.25, 0.3) is 0 Å². The highest BCUT2D eigenvalue weighted by Gasteiger charge is 2.16. The molecule has 1 aromatic carbocycles. The second-order valence-electron chi connectivity index (χ2n) is 4.36. The van der Waals surface area contributed by atoms with Crippen LogP contribution in [0.5, 0.6) is 11.5 Å². The van der Waals surface area contributed by atoms with E-state index in [0.29, 0.717) is 13.2 Å². The van der Waals surface area contributed by atoms with E-state index in [-0.39, 0.29) is 6.04 Å². The molecule has 0 fully saturated rings. The fourth-order valence-corrected chi connectivity index (χ4v) is 2.15. The molecule has 0 saturated heterocycles. The summed E-state index contributed by atoms with van der Waals surface area (Å²) in [7, 11) is 1.93. The molecule has 0 saturated carbocycles. The first-order valence-corrected chi connectivity index (χ1v) is 6.26. The number of ether oxygens (including phenoxy) is 2. The zero-order valence-corrected chi connectivity index (χ0v) is 10.7. The Bertz CT molecular complexity index is 542. The average molecular weight is 260 g/mol. The van der Waals surface area contributed by atoms with E-state index in [9.17, 15) is 0 Å². The van der Waals surface area contributed by atoms with Gasteiger partial charge in [0.2, 0.25) is 0 Å². The van der Waals surface area contributed by atoms with Crippen molar-refractivity contribution in [2.75, 3.05) is 20.3 Å².